The molecule has 0 spiro atoms. The zero-order valence-corrected chi connectivity index (χ0v) is 12.9. The third-order valence-corrected chi connectivity index (χ3v) is 4.01. The standard InChI is InChI=1S/C17H17F2N3O2/c18-14-7-2-11(10-15(14)19)16(23)22-12-3-5-13(6-4-12)24-17-20-8-1-9-21-17/h1-2,7-10,12-13H,3-6H2,(H,22,23). The lowest BCUT2D eigenvalue weighted by molar-refractivity contribution is 0.0884. The van der Waals surface area contributed by atoms with Crippen molar-refractivity contribution in [1.29, 1.82) is 0 Å². The van der Waals surface area contributed by atoms with E-state index in [0.717, 1.165) is 37.8 Å². The van der Waals surface area contributed by atoms with Crippen LogP contribution in [-0.2, 0) is 0 Å². The largest absolute Gasteiger partial charge is 0.460 e. The second kappa shape index (κ2) is 7.33. The SMILES string of the molecule is O=C(NC1CCC(Oc2ncccn2)CC1)c1ccc(F)c(F)c1. The van der Waals surface area contributed by atoms with Gasteiger partial charge in [0.1, 0.15) is 6.10 Å². The molecular weight excluding hydrogens is 316 g/mol. The van der Waals surface area contributed by atoms with Crippen LogP contribution < -0.4 is 10.1 Å². The summed E-state index contributed by atoms with van der Waals surface area (Å²) >= 11 is 0. The van der Waals surface area contributed by atoms with E-state index < -0.39 is 17.5 Å². The van der Waals surface area contributed by atoms with Gasteiger partial charge in [-0.1, -0.05) is 0 Å². The van der Waals surface area contributed by atoms with Crippen LogP contribution in [0.3, 0.4) is 0 Å². The molecule has 1 aromatic heterocycles. The number of nitrogens with zero attached hydrogens (tertiary/aromatic N) is 2. The first kappa shape index (κ1) is 16.3. The normalized spacial score (nSPS) is 20.4. The summed E-state index contributed by atoms with van der Waals surface area (Å²) in [4.78, 5) is 20.1. The van der Waals surface area contributed by atoms with Crippen molar-refractivity contribution >= 4 is 5.91 Å². The van der Waals surface area contributed by atoms with Gasteiger partial charge in [0.15, 0.2) is 11.6 Å². The van der Waals surface area contributed by atoms with Crippen molar-refractivity contribution in [3.8, 4) is 6.01 Å². The summed E-state index contributed by atoms with van der Waals surface area (Å²) in [7, 11) is 0. The van der Waals surface area contributed by atoms with Gasteiger partial charge in [-0.15, -0.1) is 0 Å². The molecule has 1 aliphatic carbocycles. The van der Waals surface area contributed by atoms with E-state index in [1.54, 1.807) is 18.5 Å². The minimum absolute atomic E-state index is 0.0119. The maximum absolute atomic E-state index is 13.2. The number of aromatic nitrogens is 2. The quantitative estimate of drug-likeness (QED) is 0.934. The third-order valence-electron chi connectivity index (χ3n) is 4.01. The summed E-state index contributed by atoms with van der Waals surface area (Å²) in [5.74, 6) is -2.39. The Morgan fingerprint density at radius 3 is 2.46 bits per heavy atom. The first-order chi connectivity index (χ1) is 11.6. The first-order valence-electron chi connectivity index (χ1n) is 7.81. The Labute approximate surface area is 138 Å². The van der Waals surface area contributed by atoms with Crippen LogP contribution in [0, 0.1) is 11.6 Å². The average molecular weight is 333 g/mol. The molecule has 1 saturated carbocycles. The van der Waals surface area contributed by atoms with E-state index in [-0.39, 0.29) is 17.7 Å². The van der Waals surface area contributed by atoms with Gasteiger partial charge >= 0.3 is 6.01 Å². The van der Waals surface area contributed by atoms with Crippen molar-refractivity contribution in [2.45, 2.75) is 37.8 Å². The molecule has 0 aliphatic heterocycles. The van der Waals surface area contributed by atoms with Crippen molar-refractivity contribution in [3.63, 3.8) is 0 Å². The van der Waals surface area contributed by atoms with Crippen molar-refractivity contribution in [3.05, 3.63) is 53.9 Å². The molecule has 1 aliphatic rings. The maximum Gasteiger partial charge on any atom is 0.316 e. The third kappa shape index (κ3) is 4.04. The molecule has 1 heterocycles. The molecule has 0 unspecified atom stereocenters. The number of ether oxygens (including phenoxy) is 1. The van der Waals surface area contributed by atoms with Crippen molar-refractivity contribution in [1.82, 2.24) is 15.3 Å². The summed E-state index contributed by atoms with van der Waals surface area (Å²) in [5.41, 5.74) is 0.116. The van der Waals surface area contributed by atoms with E-state index in [2.05, 4.69) is 15.3 Å². The van der Waals surface area contributed by atoms with Gasteiger partial charge in [-0.25, -0.2) is 18.7 Å². The lowest BCUT2D eigenvalue weighted by Gasteiger charge is -2.28. The highest BCUT2D eigenvalue weighted by Gasteiger charge is 2.24. The second-order valence-electron chi connectivity index (χ2n) is 5.73. The van der Waals surface area contributed by atoms with Gasteiger partial charge in [0.2, 0.25) is 0 Å². The Balaban J connectivity index is 1.50. The van der Waals surface area contributed by atoms with E-state index in [9.17, 15) is 13.6 Å². The topological polar surface area (TPSA) is 64.1 Å². The predicted octanol–water partition coefficient (Wildman–Crippen LogP) is 2.87. The molecule has 7 heteroatoms. The van der Waals surface area contributed by atoms with Gasteiger partial charge < -0.3 is 10.1 Å². The lowest BCUT2D eigenvalue weighted by atomic mass is 9.92. The molecular formula is C17H17F2N3O2. The highest BCUT2D eigenvalue weighted by molar-refractivity contribution is 5.94. The van der Waals surface area contributed by atoms with E-state index in [1.807, 2.05) is 0 Å². The highest BCUT2D eigenvalue weighted by atomic mass is 19.2. The van der Waals surface area contributed by atoms with Crippen LogP contribution in [0.4, 0.5) is 8.78 Å². The molecule has 0 saturated heterocycles. The molecule has 1 fully saturated rings. The van der Waals surface area contributed by atoms with E-state index in [0.29, 0.717) is 6.01 Å². The summed E-state index contributed by atoms with van der Waals surface area (Å²) in [6.07, 6.45) is 6.28. The van der Waals surface area contributed by atoms with E-state index in [1.165, 1.54) is 6.07 Å². The summed E-state index contributed by atoms with van der Waals surface area (Å²) in [5, 5.41) is 2.85. The molecule has 0 bridgehead atoms. The minimum Gasteiger partial charge on any atom is -0.460 e. The fourth-order valence-corrected chi connectivity index (χ4v) is 2.73. The van der Waals surface area contributed by atoms with Crippen LogP contribution in [0.15, 0.2) is 36.7 Å². The summed E-state index contributed by atoms with van der Waals surface area (Å²) in [6, 6.07) is 5.20. The Morgan fingerprint density at radius 2 is 1.79 bits per heavy atom. The fourth-order valence-electron chi connectivity index (χ4n) is 2.73. The molecule has 5 nitrogen and oxygen atoms in total. The van der Waals surface area contributed by atoms with E-state index in [4.69, 9.17) is 4.74 Å². The molecule has 126 valence electrons. The number of carbonyl (C=O) groups excluding carboxylic acids is 1. The van der Waals surface area contributed by atoms with Crippen LogP contribution in [0.5, 0.6) is 6.01 Å². The van der Waals surface area contributed by atoms with Crippen molar-refractivity contribution in [2.24, 2.45) is 0 Å². The van der Waals surface area contributed by atoms with Crippen LogP contribution in [0.1, 0.15) is 36.0 Å². The Morgan fingerprint density at radius 1 is 1.08 bits per heavy atom. The minimum atomic E-state index is -1.03. The molecule has 1 amide bonds. The number of carbonyl (C=O) groups is 1. The zero-order chi connectivity index (χ0) is 16.9. The average Bonchev–Trinajstić information content (AvgIpc) is 2.60. The van der Waals surface area contributed by atoms with E-state index >= 15 is 0 Å². The number of amides is 1. The van der Waals surface area contributed by atoms with Gasteiger partial charge in [-0.2, -0.15) is 0 Å². The number of benzene rings is 1. The van der Waals surface area contributed by atoms with Gasteiger partial charge in [0, 0.05) is 24.0 Å². The van der Waals surface area contributed by atoms with Gasteiger partial charge in [0.25, 0.3) is 5.91 Å². The fraction of sp³-hybridized carbons (Fsp3) is 0.353. The number of halogens is 2. The molecule has 0 atom stereocenters. The smallest absolute Gasteiger partial charge is 0.316 e. The van der Waals surface area contributed by atoms with Crippen LogP contribution in [-0.4, -0.2) is 28.0 Å². The molecule has 3 rings (SSSR count). The summed E-state index contributed by atoms with van der Waals surface area (Å²) < 4.78 is 31.8. The van der Waals surface area contributed by atoms with Crippen LogP contribution in [0.2, 0.25) is 0 Å². The Bertz CT molecular complexity index is 704. The zero-order valence-electron chi connectivity index (χ0n) is 12.9. The van der Waals surface area contributed by atoms with Gasteiger partial charge in [0.05, 0.1) is 0 Å². The highest BCUT2D eigenvalue weighted by Crippen LogP contribution is 2.22. The Hall–Kier alpha value is -2.57. The van der Waals surface area contributed by atoms with Crippen molar-refractivity contribution < 1.29 is 18.3 Å². The van der Waals surface area contributed by atoms with Gasteiger partial charge in [-0.05, 0) is 49.9 Å². The first-order valence-corrected chi connectivity index (χ1v) is 7.81. The Kier molecular flexibility index (Phi) is 4.98. The predicted molar refractivity (Wildman–Crippen MR) is 82.5 cm³/mol. The molecule has 1 N–H and O–H groups in total. The van der Waals surface area contributed by atoms with Crippen LogP contribution >= 0.6 is 0 Å². The van der Waals surface area contributed by atoms with Crippen LogP contribution in [0.25, 0.3) is 0 Å². The van der Waals surface area contributed by atoms with Gasteiger partial charge in [-0.3, -0.25) is 4.79 Å². The number of nitrogens with one attached hydrogen (secondary N) is 1. The van der Waals surface area contributed by atoms with Crippen molar-refractivity contribution in [2.75, 3.05) is 0 Å². The number of hydrogen-bond donors (Lipinski definition) is 1. The maximum atomic E-state index is 13.2. The lowest BCUT2D eigenvalue weighted by Crippen LogP contribution is -2.39. The monoisotopic (exact) mass is 333 g/mol. The summed E-state index contributed by atoms with van der Waals surface area (Å²) in [6.45, 7) is 0. The molecule has 0 radical (unpaired) electrons. The molecule has 24 heavy (non-hydrogen) atoms. The molecule has 1 aromatic carbocycles. The molecule has 2 aromatic rings. The number of hydrogen-bond acceptors (Lipinski definition) is 4. The second-order valence-corrected chi connectivity index (χ2v) is 5.73. The number of rotatable bonds is 4.